The highest BCUT2D eigenvalue weighted by molar-refractivity contribution is 7.13. The Morgan fingerprint density at radius 3 is 2.46 bits per heavy atom. The molecular weight excluding hydrogens is 536 g/mol. The van der Waals surface area contributed by atoms with E-state index in [1.807, 2.05) is 31.2 Å². The number of anilines is 1. The first-order chi connectivity index (χ1) is 19.6. The molecule has 210 valence electrons. The lowest BCUT2D eigenvalue weighted by Crippen LogP contribution is -2.32. The molecular formula is C33H32N2O5S. The van der Waals surface area contributed by atoms with Crippen molar-refractivity contribution in [3.8, 4) is 22.6 Å². The summed E-state index contributed by atoms with van der Waals surface area (Å²) in [5.41, 5.74) is 6.29. The van der Waals surface area contributed by atoms with Gasteiger partial charge in [0.25, 0.3) is 0 Å². The molecule has 0 saturated heterocycles. The number of hydrogen-bond donors (Lipinski definition) is 1. The second kappa shape index (κ2) is 11.2. The van der Waals surface area contributed by atoms with Gasteiger partial charge in [-0.05, 0) is 88.2 Å². The minimum atomic E-state index is -0.495. The topological polar surface area (TPSA) is 86.8 Å². The van der Waals surface area contributed by atoms with E-state index in [4.69, 9.17) is 14.2 Å². The number of thiophene rings is 1. The van der Waals surface area contributed by atoms with Gasteiger partial charge >= 0.3 is 11.9 Å². The molecule has 0 spiro atoms. The van der Waals surface area contributed by atoms with Gasteiger partial charge in [-0.15, -0.1) is 11.3 Å². The third-order valence-electron chi connectivity index (χ3n) is 6.93. The molecule has 1 aliphatic rings. The van der Waals surface area contributed by atoms with E-state index in [1.54, 1.807) is 50.6 Å². The second-order valence-corrected chi connectivity index (χ2v) is 11.9. The summed E-state index contributed by atoms with van der Waals surface area (Å²) in [6.07, 6.45) is 3.81. The van der Waals surface area contributed by atoms with Crippen LogP contribution in [0.5, 0.6) is 11.5 Å². The van der Waals surface area contributed by atoms with Crippen LogP contribution in [0.3, 0.4) is 0 Å². The predicted molar refractivity (Wildman–Crippen MR) is 162 cm³/mol. The van der Waals surface area contributed by atoms with Crippen molar-refractivity contribution >= 4 is 34.5 Å². The lowest BCUT2D eigenvalue weighted by atomic mass is 9.85. The molecule has 0 bridgehead atoms. The Balaban J connectivity index is 1.53. The van der Waals surface area contributed by atoms with Crippen LogP contribution in [0.1, 0.15) is 62.5 Å². The molecule has 0 saturated carbocycles. The van der Waals surface area contributed by atoms with Crippen LogP contribution in [0, 0.1) is 13.8 Å². The summed E-state index contributed by atoms with van der Waals surface area (Å²) in [4.78, 5) is 31.5. The van der Waals surface area contributed by atoms with Gasteiger partial charge in [0.1, 0.15) is 23.0 Å². The minimum Gasteiger partial charge on any atom is -0.496 e. The molecule has 41 heavy (non-hydrogen) atoms. The Bertz CT molecular complexity index is 1680. The van der Waals surface area contributed by atoms with Crippen molar-refractivity contribution in [1.29, 1.82) is 0 Å². The maximum absolute atomic E-state index is 12.9. The molecule has 4 aromatic rings. The van der Waals surface area contributed by atoms with E-state index in [0.29, 0.717) is 27.6 Å². The zero-order valence-corrected chi connectivity index (χ0v) is 24.8. The second-order valence-electron chi connectivity index (χ2n) is 10.6. The van der Waals surface area contributed by atoms with Crippen LogP contribution >= 0.6 is 11.3 Å². The molecule has 0 atom stereocenters. The Hall–Kier alpha value is -4.43. The van der Waals surface area contributed by atoms with Gasteiger partial charge in [0.05, 0.1) is 23.9 Å². The Labute approximate surface area is 243 Å². The summed E-state index contributed by atoms with van der Waals surface area (Å²) in [6, 6.07) is 16.4. The highest BCUT2D eigenvalue weighted by Gasteiger charge is 2.27. The highest BCUT2D eigenvalue weighted by atomic mass is 32.1. The highest BCUT2D eigenvalue weighted by Crippen LogP contribution is 2.43. The van der Waals surface area contributed by atoms with E-state index in [1.165, 1.54) is 11.3 Å². The number of aryl methyl sites for hydroxylation is 2. The number of ether oxygens (including phenoxy) is 3. The van der Waals surface area contributed by atoms with Gasteiger partial charge in [-0.1, -0.05) is 12.1 Å². The number of pyridine rings is 1. The number of allylic oxidation sites excluding steroid dienone is 1. The third kappa shape index (κ3) is 5.88. The van der Waals surface area contributed by atoms with E-state index in [0.717, 1.165) is 38.4 Å². The van der Waals surface area contributed by atoms with Crippen molar-refractivity contribution in [2.45, 2.75) is 46.8 Å². The van der Waals surface area contributed by atoms with Crippen molar-refractivity contribution in [3.05, 3.63) is 99.0 Å². The van der Waals surface area contributed by atoms with Crippen LogP contribution in [-0.2, 0) is 11.3 Å². The van der Waals surface area contributed by atoms with E-state index in [9.17, 15) is 9.59 Å². The SMILES string of the molecule is COc1cc(OC(=O)c2cccnc2C)ccc1-c1ccc2c(c1COC(=O)c1ccc(C)s1)C(C)=CC(C)(C)N2. The number of methoxy groups -OCH3 is 1. The first-order valence-electron chi connectivity index (χ1n) is 13.3. The normalized spacial score (nSPS) is 13.5. The monoisotopic (exact) mass is 568 g/mol. The van der Waals surface area contributed by atoms with Crippen LogP contribution in [0.4, 0.5) is 5.69 Å². The van der Waals surface area contributed by atoms with Crippen molar-refractivity contribution < 1.29 is 23.8 Å². The lowest BCUT2D eigenvalue weighted by Gasteiger charge is -2.33. The summed E-state index contributed by atoms with van der Waals surface area (Å²) >= 11 is 1.41. The number of carbonyl (C=O) groups is 2. The van der Waals surface area contributed by atoms with Crippen LogP contribution in [-0.4, -0.2) is 29.6 Å². The molecule has 0 amide bonds. The van der Waals surface area contributed by atoms with Crippen LogP contribution in [0.2, 0.25) is 0 Å². The maximum atomic E-state index is 12.9. The van der Waals surface area contributed by atoms with Crippen molar-refractivity contribution in [2.75, 3.05) is 12.4 Å². The van der Waals surface area contributed by atoms with Crippen molar-refractivity contribution in [1.82, 2.24) is 4.98 Å². The van der Waals surface area contributed by atoms with Gasteiger partial charge < -0.3 is 19.5 Å². The molecule has 0 unspecified atom stereocenters. The van der Waals surface area contributed by atoms with Crippen LogP contribution in [0.25, 0.3) is 16.7 Å². The standard InChI is InChI=1S/C33H32N2O5S/c1-19-17-33(4,5)35-27-13-12-24(26(30(19)27)18-39-32(37)29-14-9-20(2)41-29)25-11-10-22(16-28(25)38-6)40-31(36)23-8-7-15-34-21(23)3/h7-17,35H,18H2,1-6H3. The first-order valence-corrected chi connectivity index (χ1v) is 14.1. The van der Waals surface area contributed by atoms with Crippen molar-refractivity contribution in [2.24, 2.45) is 0 Å². The fourth-order valence-electron chi connectivity index (χ4n) is 5.17. The maximum Gasteiger partial charge on any atom is 0.348 e. The molecule has 0 fully saturated rings. The van der Waals surface area contributed by atoms with Gasteiger partial charge in [0, 0.05) is 39.5 Å². The van der Waals surface area contributed by atoms with Gasteiger partial charge in [0.2, 0.25) is 0 Å². The predicted octanol–water partition coefficient (Wildman–Crippen LogP) is 7.62. The molecule has 3 heterocycles. The largest absolute Gasteiger partial charge is 0.496 e. The number of carbonyl (C=O) groups excluding carboxylic acids is 2. The number of rotatable bonds is 7. The van der Waals surface area contributed by atoms with E-state index in [-0.39, 0.29) is 18.1 Å². The Kier molecular flexibility index (Phi) is 7.69. The number of fused-ring (bicyclic) bond motifs is 1. The summed E-state index contributed by atoms with van der Waals surface area (Å²) in [5, 5.41) is 3.58. The fourth-order valence-corrected chi connectivity index (χ4v) is 5.94. The van der Waals surface area contributed by atoms with Crippen molar-refractivity contribution in [3.63, 3.8) is 0 Å². The number of hydrogen-bond acceptors (Lipinski definition) is 8. The molecule has 0 radical (unpaired) electrons. The number of aromatic nitrogens is 1. The Morgan fingerprint density at radius 2 is 1.76 bits per heavy atom. The molecule has 8 heteroatoms. The third-order valence-corrected chi connectivity index (χ3v) is 7.91. The van der Waals surface area contributed by atoms with Crippen LogP contribution < -0.4 is 14.8 Å². The summed E-state index contributed by atoms with van der Waals surface area (Å²) < 4.78 is 17.3. The van der Waals surface area contributed by atoms with E-state index < -0.39 is 5.97 Å². The molecule has 1 aliphatic heterocycles. The van der Waals surface area contributed by atoms with Crippen LogP contribution in [0.15, 0.2) is 66.9 Å². The number of esters is 2. The molecule has 2 aromatic heterocycles. The summed E-state index contributed by atoms with van der Waals surface area (Å²) in [6.45, 7) is 10.1. The number of benzene rings is 2. The first kappa shape index (κ1) is 28.1. The fraction of sp³-hybridized carbons (Fsp3) is 0.242. The molecule has 2 aromatic carbocycles. The molecule has 5 rings (SSSR count). The minimum absolute atomic E-state index is 0.0712. The van der Waals surface area contributed by atoms with Gasteiger partial charge in [-0.2, -0.15) is 0 Å². The van der Waals surface area contributed by atoms with Gasteiger partial charge in [-0.3, -0.25) is 4.98 Å². The van der Waals surface area contributed by atoms with Gasteiger partial charge in [-0.25, -0.2) is 9.59 Å². The lowest BCUT2D eigenvalue weighted by molar-refractivity contribution is 0.0478. The summed E-state index contributed by atoms with van der Waals surface area (Å²) in [5.74, 6) is 0.00468. The molecule has 0 aliphatic carbocycles. The van der Waals surface area contributed by atoms with Gasteiger partial charge in [0.15, 0.2) is 0 Å². The zero-order valence-electron chi connectivity index (χ0n) is 24.0. The summed E-state index contributed by atoms with van der Waals surface area (Å²) in [7, 11) is 1.57. The van der Waals surface area contributed by atoms with E-state index >= 15 is 0 Å². The number of nitrogens with zero attached hydrogens (tertiary/aromatic N) is 1. The number of nitrogens with one attached hydrogen (secondary N) is 1. The molecule has 7 nitrogen and oxygen atoms in total. The quantitative estimate of drug-likeness (QED) is 0.181. The van der Waals surface area contributed by atoms with E-state index in [2.05, 4.69) is 37.1 Å². The zero-order chi connectivity index (χ0) is 29.3. The average Bonchev–Trinajstić information content (AvgIpc) is 3.37. The average molecular weight is 569 g/mol. The molecule has 1 N–H and O–H groups in total. The smallest absolute Gasteiger partial charge is 0.348 e. The Morgan fingerprint density at radius 1 is 0.976 bits per heavy atom.